The molecule has 0 amide bonds. The molecule has 0 unspecified atom stereocenters. The normalized spacial score (nSPS) is 9.00. The van der Waals surface area contributed by atoms with Crippen LogP contribution >= 0.6 is 0 Å². The van der Waals surface area contributed by atoms with E-state index in [1.54, 1.807) is 0 Å². The van der Waals surface area contributed by atoms with Gasteiger partial charge < -0.3 is 0 Å². The van der Waals surface area contributed by atoms with Crippen LogP contribution in [-0.2, 0) is 0 Å². The summed E-state index contributed by atoms with van der Waals surface area (Å²) in [5.41, 5.74) is 2.55. The maximum Gasteiger partial charge on any atom is 0 e. The zero-order chi connectivity index (χ0) is 15.0. The van der Waals surface area contributed by atoms with E-state index in [-0.39, 0.29) is 37.7 Å². The van der Waals surface area contributed by atoms with Crippen molar-refractivity contribution in [2.24, 2.45) is 0 Å². The number of fused-ring (bicyclic) bond motifs is 1. The van der Waals surface area contributed by atoms with Gasteiger partial charge in [0.05, 0.1) is 0 Å². The number of hydrogen-bond donors (Lipinski definition) is 0. The minimum Gasteiger partial charge on any atom is -0.0622 e. The molecule has 0 aliphatic carbocycles. The van der Waals surface area contributed by atoms with Gasteiger partial charge in [0.15, 0.2) is 0 Å². The number of hydrogen-bond acceptors (Lipinski definition) is 0. The summed E-state index contributed by atoms with van der Waals surface area (Å²) in [6.07, 6.45) is 0. The van der Waals surface area contributed by atoms with Crippen molar-refractivity contribution >= 4 is 48.5 Å². The van der Waals surface area contributed by atoms with Crippen LogP contribution in [0.1, 0.15) is 0 Å². The fraction of sp³-hybridized carbons (Fsp3) is 0. The van der Waals surface area contributed by atoms with Crippen LogP contribution in [0.3, 0.4) is 0 Å². The number of benzene rings is 4. The molecule has 4 aromatic carbocycles. The van der Waals surface area contributed by atoms with E-state index in [1.807, 2.05) is 12.1 Å². The summed E-state index contributed by atoms with van der Waals surface area (Å²) in [6, 6.07) is 37.5. The van der Waals surface area contributed by atoms with Crippen molar-refractivity contribution < 1.29 is 0 Å². The molecule has 24 heavy (non-hydrogen) atoms. The molecular formula is C22H18Li2. The average molecular weight is 296 g/mol. The van der Waals surface area contributed by atoms with Crippen molar-refractivity contribution in [3.8, 4) is 11.1 Å². The van der Waals surface area contributed by atoms with Crippen LogP contribution in [0.2, 0.25) is 0 Å². The van der Waals surface area contributed by atoms with Gasteiger partial charge in [-0.2, -0.15) is 0 Å². The Kier molecular flexibility index (Phi) is 9.33. The summed E-state index contributed by atoms with van der Waals surface area (Å²) < 4.78 is 0. The predicted octanol–water partition coefficient (Wildman–Crippen LogP) is 5.43. The van der Waals surface area contributed by atoms with Crippen LogP contribution in [0.15, 0.2) is 109 Å². The van der Waals surface area contributed by atoms with Gasteiger partial charge in [0.25, 0.3) is 0 Å². The fourth-order valence-electron chi connectivity index (χ4n) is 2.39. The van der Waals surface area contributed by atoms with Crippen LogP contribution < -0.4 is 0 Å². The Labute approximate surface area is 168 Å². The maximum atomic E-state index is 2.12. The second-order valence-electron chi connectivity index (χ2n) is 5.08. The van der Waals surface area contributed by atoms with Crippen LogP contribution in [0.25, 0.3) is 21.9 Å². The second kappa shape index (κ2) is 11.0. The summed E-state index contributed by atoms with van der Waals surface area (Å²) in [6.45, 7) is 0. The van der Waals surface area contributed by atoms with E-state index >= 15 is 0 Å². The van der Waals surface area contributed by atoms with Gasteiger partial charge in [-0.1, -0.05) is 109 Å². The van der Waals surface area contributed by atoms with Crippen LogP contribution in [0, 0.1) is 0 Å². The Morgan fingerprint density at radius 3 is 0.833 bits per heavy atom. The Morgan fingerprint density at radius 1 is 0.292 bits per heavy atom. The van der Waals surface area contributed by atoms with E-state index < -0.39 is 0 Å². The van der Waals surface area contributed by atoms with Crippen molar-refractivity contribution in [3.05, 3.63) is 109 Å². The molecule has 0 aliphatic heterocycles. The molecule has 2 heteroatoms. The topological polar surface area (TPSA) is 0 Å². The summed E-state index contributed by atoms with van der Waals surface area (Å²) >= 11 is 0. The molecular weight excluding hydrogens is 278 g/mol. The molecule has 0 saturated heterocycles. The van der Waals surface area contributed by atoms with Crippen molar-refractivity contribution in [1.29, 1.82) is 0 Å². The van der Waals surface area contributed by atoms with E-state index in [4.69, 9.17) is 0 Å². The minimum atomic E-state index is 0. The maximum absolute atomic E-state index is 2.12. The van der Waals surface area contributed by atoms with Crippen LogP contribution in [-0.4, -0.2) is 37.7 Å². The van der Waals surface area contributed by atoms with Gasteiger partial charge in [-0.3, -0.25) is 0 Å². The largest absolute Gasteiger partial charge is 0.0622 e. The molecule has 0 spiro atoms. The molecule has 0 aliphatic rings. The van der Waals surface area contributed by atoms with Gasteiger partial charge in [0.1, 0.15) is 0 Å². The summed E-state index contributed by atoms with van der Waals surface area (Å²) in [4.78, 5) is 0. The van der Waals surface area contributed by atoms with Crippen molar-refractivity contribution in [3.63, 3.8) is 0 Å². The Balaban J connectivity index is 0.000000224. The minimum absolute atomic E-state index is 0. The molecule has 0 nitrogen and oxygen atoms in total. The van der Waals surface area contributed by atoms with Gasteiger partial charge >= 0.3 is 0 Å². The molecule has 0 fully saturated rings. The third-order valence-electron chi connectivity index (χ3n) is 3.54. The zero-order valence-electron chi connectivity index (χ0n) is 14.4. The molecule has 4 aromatic rings. The van der Waals surface area contributed by atoms with E-state index in [2.05, 4.69) is 97.1 Å². The molecule has 0 bridgehead atoms. The van der Waals surface area contributed by atoms with Crippen LogP contribution in [0.5, 0.6) is 0 Å². The third-order valence-corrected chi connectivity index (χ3v) is 3.54. The van der Waals surface area contributed by atoms with Gasteiger partial charge in [0.2, 0.25) is 0 Å². The van der Waals surface area contributed by atoms with E-state index in [9.17, 15) is 0 Å². The zero-order valence-corrected chi connectivity index (χ0v) is 14.4. The smallest absolute Gasteiger partial charge is 0 e. The first kappa shape index (κ1) is 20.4. The molecule has 0 N–H and O–H groups in total. The van der Waals surface area contributed by atoms with E-state index in [0.717, 1.165) is 0 Å². The molecule has 0 heterocycles. The van der Waals surface area contributed by atoms with Gasteiger partial charge in [0, 0.05) is 37.7 Å². The van der Waals surface area contributed by atoms with Crippen LogP contribution in [0.4, 0.5) is 0 Å². The standard InChI is InChI=1S/C12H10.C10H8.2Li/c1-3-7-11(8-4-1)12-9-5-2-6-10-12;1-2-6-10-8-4-3-7-9(10)5-1;;/h1-10H;1-8H;;. The average Bonchev–Trinajstić information content (AvgIpc) is 2.64. The second-order valence-corrected chi connectivity index (χ2v) is 5.08. The summed E-state index contributed by atoms with van der Waals surface area (Å²) in [7, 11) is 0. The van der Waals surface area contributed by atoms with Gasteiger partial charge in [-0.25, -0.2) is 0 Å². The predicted molar refractivity (Wildman–Crippen MR) is 107 cm³/mol. The van der Waals surface area contributed by atoms with Gasteiger partial charge in [-0.15, -0.1) is 0 Å². The molecule has 0 atom stereocenters. The molecule has 0 saturated carbocycles. The summed E-state index contributed by atoms with van der Waals surface area (Å²) in [5.74, 6) is 0. The quantitative estimate of drug-likeness (QED) is 0.411. The van der Waals surface area contributed by atoms with Gasteiger partial charge in [-0.05, 0) is 21.9 Å². The first-order valence-electron chi connectivity index (χ1n) is 7.48. The molecule has 2 radical (unpaired) electrons. The van der Waals surface area contributed by atoms with E-state index in [0.29, 0.717) is 0 Å². The first-order valence-corrected chi connectivity index (χ1v) is 7.48. The number of rotatable bonds is 1. The molecule has 108 valence electrons. The Hall–Kier alpha value is -1.67. The van der Waals surface area contributed by atoms with Crippen molar-refractivity contribution in [2.45, 2.75) is 0 Å². The first-order chi connectivity index (χ1) is 10.9. The van der Waals surface area contributed by atoms with Crippen molar-refractivity contribution in [2.75, 3.05) is 0 Å². The Morgan fingerprint density at radius 2 is 0.542 bits per heavy atom. The van der Waals surface area contributed by atoms with E-state index in [1.165, 1.54) is 21.9 Å². The summed E-state index contributed by atoms with van der Waals surface area (Å²) in [5, 5.41) is 2.62. The third kappa shape index (κ3) is 5.76. The Bertz CT molecular complexity index is 725. The fourth-order valence-corrected chi connectivity index (χ4v) is 2.39. The monoisotopic (exact) mass is 296 g/mol. The SMILES string of the molecule is [Li].[Li].c1ccc(-c2ccccc2)cc1.c1ccc2ccccc2c1. The molecule has 4 rings (SSSR count). The van der Waals surface area contributed by atoms with Crippen molar-refractivity contribution in [1.82, 2.24) is 0 Å². The molecule has 0 aromatic heterocycles.